The summed E-state index contributed by atoms with van der Waals surface area (Å²) in [5.74, 6) is 0. The molecule has 4 nitrogen and oxygen atoms in total. The van der Waals surface area contributed by atoms with Crippen molar-refractivity contribution < 1.29 is 24.0 Å². The van der Waals surface area contributed by atoms with E-state index in [0.717, 1.165) is 77.5 Å². The summed E-state index contributed by atoms with van der Waals surface area (Å²) in [6.45, 7) is 22.6. The van der Waals surface area contributed by atoms with E-state index in [9.17, 15) is 0 Å². The maximum atomic E-state index is 2.93. The van der Waals surface area contributed by atoms with Gasteiger partial charge in [0.25, 0.3) is 0 Å². The van der Waals surface area contributed by atoms with Crippen LogP contribution >= 0.6 is 45.1 Å². The highest BCUT2D eigenvalue weighted by atomic mass is 128. The molecule has 0 aromatic heterocycles. The van der Waals surface area contributed by atoms with Gasteiger partial charge in [-0.05, 0) is 99.9 Å². The lowest BCUT2D eigenvalue weighted by Gasteiger charge is -2.54. The van der Waals surface area contributed by atoms with E-state index < -0.39 is 7.87 Å². The van der Waals surface area contributed by atoms with Gasteiger partial charge in [-0.2, -0.15) is 18.7 Å². The summed E-state index contributed by atoms with van der Waals surface area (Å²) in [6, 6.07) is 36.8. The van der Waals surface area contributed by atoms with Gasteiger partial charge in [0.1, 0.15) is 0 Å². The van der Waals surface area contributed by atoms with Crippen molar-refractivity contribution >= 4 is 67.8 Å². The molecule has 0 aliphatic carbocycles. The lowest BCUT2D eigenvalue weighted by molar-refractivity contribution is -0.0000105. The van der Waals surface area contributed by atoms with Crippen LogP contribution < -0.4 is 42.7 Å². The lowest BCUT2D eigenvalue weighted by Crippen LogP contribution is -3.00. The van der Waals surface area contributed by atoms with Crippen molar-refractivity contribution in [3.63, 3.8) is 0 Å². The minimum atomic E-state index is -2.72. The van der Waals surface area contributed by atoms with Crippen LogP contribution in [0.2, 0.25) is 0 Å². The van der Waals surface area contributed by atoms with E-state index >= 15 is 0 Å². The zero-order chi connectivity index (χ0) is 37.2. The first-order valence-electron chi connectivity index (χ1n) is 19.2. The van der Waals surface area contributed by atoms with Crippen LogP contribution in [0.3, 0.4) is 0 Å². The zero-order valence-corrected chi connectivity index (χ0v) is 40.5. The largest absolute Gasteiger partial charge is 1.00 e. The predicted octanol–water partition coefficient (Wildman–Crippen LogP) is 11.9. The third kappa shape index (κ3) is 11.4. The van der Waals surface area contributed by atoms with Gasteiger partial charge < -0.3 is 24.0 Å². The van der Waals surface area contributed by atoms with Crippen LogP contribution in [0.25, 0.3) is 0 Å². The maximum absolute atomic E-state index is 2.93. The topological polar surface area (TPSA) is 13.0 Å². The SMILES string of the molecule is CCCCN(c1ccccc1C)[P+](N(CCCC)c1ccccc1C)(N(CCCC)c1ccccc1C)N(CCCC)c1ccccc1C.II.[I-]. The van der Waals surface area contributed by atoms with Crippen molar-refractivity contribution in [3.05, 3.63) is 119 Å². The number of rotatable bonds is 20. The van der Waals surface area contributed by atoms with Gasteiger partial charge in [-0.3, -0.25) is 0 Å². The molecule has 0 saturated heterocycles. The second-order valence-corrected chi connectivity index (χ2v) is 16.6. The molecular formula is C44H64I3N4P. The van der Waals surface area contributed by atoms with E-state index in [1.54, 1.807) is 0 Å². The second kappa shape index (κ2) is 25.0. The average molecular weight is 1060 g/mol. The van der Waals surface area contributed by atoms with Crippen LogP contribution in [0.5, 0.6) is 0 Å². The summed E-state index contributed by atoms with van der Waals surface area (Å²) >= 11 is 4.24. The maximum Gasteiger partial charge on any atom is 0.405 e. The van der Waals surface area contributed by atoms with Crippen LogP contribution in [0, 0.1) is 27.7 Å². The third-order valence-electron chi connectivity index (χ3n) is 9.76. The highest BCUT2D eigenvalue weighted by Gasteiger charge is 2.63. The molecule has 52 heavy (non-hydrogen) atoms. The van der Waals surface area contributed by atoms with E-state index in [1.807, 2.05) is 0 Å². The molecule has 8 heteroatoms. The molecule has 0 unspecified atom stereocenters. The zero-order valence-electron chi connectivity index (χ0n) is 33.1. The first-order chi connectivity index (χ1) is 24.9. The molecule has 0 amide bonds. The Labute approximate surface area is 359 Å². The quantitative estimate of drug-likeness (QED) is 0.0646. The molecule has 0 heterocycles. The molecule has 286 valence electrons. The fourth-order valence-corrected chi connectivity index (χ4v) is 12.3. The minimum absolute atomic E-state index is 0. The molecule has 4 rings (SSSR count). The number of anilines is 4. The molecule has 4 aromatic carbocycles. The van der Waals surface area contributed by atoms with Crippen molar-refractivity contribution in [2.24, 2.45) is 0 Å². The molecule has 0 aliphatic heterocycles. The standard InChI is InChI=1S/C44H64N4P.I2.HI/c1-9-13-33-45(41-29-21-17-25-37(41)5)49(46(34-14-10-2)42-30-22-18-26-38(42)6,47(35-15-11-3)43-31-23-19-27-39(43)7)48(36-16-12-4)44-32-24-20-28-40(44)8;1-2;/h17-32H,9-16,33-36H2,1-8H3;;1H/q+1;;/p-1. The molecular weight excluding hydrogens is 996 g/mol. The highest BCUT2D eigenvalue weighted by molar-refractivity contribution is 15.0. The number of hydrogen-bond acceptors (Lipinski definition) is 4. The smallest absolute Gasteiger partial charge is 0.405 e. The Balaban J connectivity index is 0.00000307. The summed E-state index contributed by atoms with van der Waals surface area (Å²) in [6.07, 6.45) is 9.04. The summed E-state index contributed by atoms with van der Waals surface area (Å²) in [7, 11) is -2.72. The number of hydrogen-bond donors (Lipinski definition) is 0. The van der Waals surface area contributed by atoms with Crippen LogP contribution in [0.4, 0.5) is 22.7 Å². The summed E-state index contributed by atoms with van der Waals surface area (Å²) < 4.78 is 11.7. The van der Waals surface area contributed by atoms with Crippen LogP contribution in [0.15, 0.2) is 97.1 Å². The van der Waals surface area contributed by atoms with Gasteiger partial charge >= 0.3 is 7.87 Å². The van der Waals surface area contributed by atoms with Crippen molar-refractivity contribution in [1.82, 2.24) is 0 Å². The highest BCUT2D eigenvalue weighted by Crippen LogP contribution is 2.74. The van der Waals surface area contributed by atoms with E-state index in [-0.39, 0.29) is 24.0 Å². The Bertz CT molecular complexity index is 1350. The monoisotopic (exact) mass is 1060 g/mol. The Kier molecular flexibility index (Phi) is 22.5. The molecule has 0 radical (unpaired) electrons. The van der Waals surface area contributed by atoms with Gasteiger partial charge in [-0.25, -0.2) is 0 Å². The van der Waals surface area contributed by atoms with Crippen LogP contribution in [-0.4, -0.2) is 26.2 Å². The van der Waals surface area contributed by atoms with Crippen LogP contribution in [-0.2, 0) is 0 Å². The fraction of sp³-hybridized carbons (Fsp3) is 0.455. The van der Waals surface area contributed by atoms with Crippen LogP contribution in [0.1, 0.15) is 101 Å². The molecule has 0 bridgehead atoms. The Hall–Kier alpha value is -1.30. The summed E-state index contributed by atoms with van der Waals surface area (Å²) in [4.78, 5) is 0. The Morgan fingerprint density at radius 1 is 0.385 bits per heavy atom. The summed E-state index contributed by atoms with van der Waals surface area (Å²) in [5, 5.41) is 0. The lowest BCUT2D eigenvalue weighted by atomic mass is 10.2. The molecule has 0 saturated carbocycles. The first-order valence-corrected chi connectivity index (χ1v) is 27.1. The van der Waals surface area contributed by atoms with Crippen molar-refractivity contribution in [2.75, 3.05) is 44.9 Å². The number of para-hydroxylation sites is 4. The van der Waals surface area contributed by atoms with E-state index in [2.05, 4.69) is 208 Å². The molecule has 0 atom stereocenters. The third-order valence-corrected chi connectivity index (χ3v) is 14.0. The predicted molar refractivity (Wildman–Crippen MR) is 249 cm³/mol. The molecule has 0 fully saturated rings. The van der Waals surface area contributed by atoms with Crippen molar-refractivity contribution in [3.8, 4) is 0 Å². The Morgan fingerprint density at radius 3 is 0.750 bits per heavy atom. The first kappa shape index (κ1) is 46.9. The van der Waals surface area contributed by atoms with E-state index in [0.29, 0.717) is 0 Å². The van der Waals surface area contributed by atoms with Gasteiger partial charge in [-0.1, -0.05) is 126 Å². The second-order valence-electron chi connectivity index (χ2n) is 13.6. The van der Waals surface area contributed by atoms with Gasteiger partial charge in [-0.15, -0.1) is 0 Å². The van der Waals surface area contributed by atoms with Gasteiger partial charge in [0.2, 0.25) is 0 Å². The van der Waals surface area contributed by atoms with E-state index in [1.165, 1.54) is 45.0 Å². The number of halogens is 3. The molecule has 0 aliphatic rings. The minimum Gasteiger partial charge on any atom is -1.00 e. The number of aryl methyl sites for hydroxylation is 4. The fourth-order valence-electron chi connectivity index (χ4n) is 7.02. The van der Waals surface area contributed by atoms with Crippen molar-refractivity contribution in [1.29, 1.82) is 0 Å². The number of nitrogens with zero attached hydrogens (tertiary/aromatic N) is 4. The van der Waals surface area contributed by atoms with Crippen molar-refractivity contribution in [2.45, 2.75) is 107 Å². The summed E-state index contributed by atoms with van der Waals surface area (Å²) in [5.41, 5.74) is 10.8. The number of benzene rings is 4. The molecule has 0 spiro atoms. The van der Waals surface area contributed by atoms with Gasteiger partial charge in [0, 0.05) is 37.2 Å². The Morgan fingerprint density at radius 2 is 0.577 bits per heavy atom. The molecule has 0 N–H and O–H groups in total. The normalized spacial score (nSPS) is 10.9. The van der Waals surface area contributed by atoms with Gasteiger partial charge in [0.05, 0.1) is 48.9 Å². The average Bonchev–Trinajstić information content (AvgIpc) is 3.15. The number of unbranched alkanes of at least 4 members (excludes halogenated alkanes) is 4. The van der Waals surface area contributed by atoms with Gasteiger partial charge in [0.15, 0.2) is 0 Å². The van der Waals surface area contributed by atoms with E-state index in [4.69, 9.17) is 0 Å². The molecule has 4 aromatic rings.